The summed E-state index contributed by atoms with van der Waals surface area (Å²) in [6, 6.07) is 8.96. The van der Waals surface area contributed by atoms with E-state index in [2.05, 4.69) is 4.99 Å². The van der Waals surface area contributed by atoms with Gasteiger partial charge in [0.2, 0.25) is 11.6 Å². The summed E-state index contributed by atoms with van der Waals surface area (Å²) in [5.74, 6) is 0.405. The molecule has 26 heavy (non-hydrogen) atoms. The van der Waals surface area contributed by atoms with Crippen molar-refractivity contribution in [3.05, 3.63) is 59.0 Å². The Morgan fingerprint density at radius 3 is 2.15 bits per heavy atom. The van der Waals surface area contributed by atoms with Crippen molar-refractivity contribution in [3.8, 4) is 17.2 Å². The topological polar surface area (TPSA) is 66.4 Å². The molecule has 134 valence electrons. The Hall–Kier alpha value is -3.35. The van der Waals surface area contributed by atoms with Crippen molar-refractivity contribution in [1.29, 1.82) is 0 Å². The Balaban J connectivity index is 1.99. The van der Waals surface area contributed by atoms with E-state index in [1.54, 1.807) is 24.3 Å². The summed E-state index contributed by atoms with van der Waals surface area (Å²) in [5, 5.41) is 0. The van der Waals surface area contributed by atoms with Gasteiger partial charge in [0.05, 0.1) is 21.3 Å². The fourth-order valence-electron chi connectivity index (χ4n) is 2.45. The van der Waals surface area contributed by atoms with E-state index in [0.29, 0.717) is 28.4 Å². The van der Waals surface area contributed by atoms with Crippen molar-refractivity contribution in [1.82, 2.24) is 0 Å². The number of hydrogen-bond acceptors (Lipinski definition) is 6. The third-order valence-corrected chi connectivity index (χ3v) is 3.71. The molecule has 2 aromatic carbocycles. The van der Waals surface area contributed by atoms with Crippen LogP contribution in [0.5, 0.6) is 17.2 Å². The monoisotopic (exact) mass is 357 g/mol. The SMILES string of the molecule is COc1cc(C2=NC(=Cc3ccc(F)cc3)C(=O)O2)cc(OC)c1OC. The van der Waals surface area contributed by atoms with E-state index in [0.717, 1.165) is 0 Å². The molecule has 0 bridgehead atoms. The lowest BCUT2D eigenvalue weighted by molar-refractivity contribution is -0.129. The Morgan fingerprint density at radius 2 is 1.62 bits per heavy atom. The molecule has 0 atom stereocenters. The molecule has 7 heteroatoms. The van der Waals surface area contributed by atoms with Crippen LogP contribution in [0.3, 0.4) is 0 Å². The fraction of sp³-hybridized carbons (Fsp3) is 0.158. The van der Waals surface area contributed by atoms with Crippen LogP contribution < -0.4 is 14.2 Å². The van der Waals surface area contributed by atoms with Gasteiger partial charge in [-0.1, -0.05) is 12.1 Å². The number of cyclic esters (lactones) is 1. The van der Waals surface area contributed by atoms with Gasteiger partial charge in [-0.3, -0.25) is 0 Å². The van der Waals surface area contributed by atoms with Crippen molar-refractivity contribution in [2.75, 3.05) is 21.3 Å². The number of carbonyl (C=O) groups excluding carboxylic acids is 1. The Bertz CT molecular complexity index is 878. The second-order valence-corrected chi connectivity index (χ2v) is 5.30. The molecule has 0 spiro atoms. The summed E-state index contributed by atoms with van der Waals surface area (Å²) < 4.78 is 34.1. The maximum Gasteiger partial charge on any atom is 0.363 e. The van der Waals surface area contributed by atoms with Crippen molar-refractivity contribution >= 4 is 17.9 Å². The highest BCUT2D eigenvalue weighted by Gasteiger charge is 2.26. The normalized spacial score (nSPS) is 14.8. The van der Waals surface area contributed by atoms with Gasteiger partial charge >= 0.3 is 5.97 Å². The maximum absolute atomic E-state index is 13.0. The van der Waals surface area contributed by atoms with Crippen LogP contribution in [0.25, 0.3) is 6.08 Å². The van der Waals surface area contributed by atoms with E-state index >= 15 is 0 Å². The van der Waals surface area contributed by atoms with Gasteiger partial charge in [-0.2, -0.15) is 0 Å². The maximum atomic E-state index is 13.0. The molecular formula is C19H16FNO5. The quantitative estimate of drug-likeness (QED) is 0.607. The van der Waals surface area contributed by atoms with Gasteiger partial charge in [0.1, 0.15) is 5.82 Å². The van der Waals surface area contributed by atoms with E-state index in [4.69, 9.17) is 18.9 Å². The summed E-state index contributed by atoms with van der Waals surface area (Å²) in [6.07, 6.45) is 1.52. The first-order chi connectivity index (χ1) is 12.5. The number of methoxy groups -OCH3 is 3. The smallest absolute Gasteiger partial charge is 0.363 e. The van der Waals surface area contributed by atoms with Crippen LogP contribution in [0.2, 0.25) is 0 Å². The summed E-state index contributed by atoms with van der Waals surface area (Å²) in [7, 11) is 4.48. The summed E-state index contributed by atoms with van der Waals surface area (Å²) in [6.45, 7) is 0. The molecule has 0 aromatic heterocycles. The number of hydrogen-bond donors (Lipinski definition) is 0. The lowest BCUT2D eigenvalue weighted by Crippen LogP contribution is -2.06. The highest BCUT2D eigenvalue weighted by molar-refractivity contribution is 6.13. The van der Waals surface area contributed by atoms with Crippen molar-refractivity contribution in [3.63, 3.8) is 0 Å². The Labute approximate surface area is 149 Å². The number of esters is 1. The molecule has 1 aliphatic heterocycles. The number of benzene rings is 2. The highest BCUT2D eigenvalue weighted by Crippen LogP contribution is 2.39. The molecule has 1 aliphatic rings. The Morgan fingerprint density at radius 1 is 1.00 bits per heavy atom. The van der Waals surface area contributed by atoms with Crippen LogP contribution in [-0.2, 0) is 9.53 Å². The number of ether oxygens (including phenoxy) is 4. The first-order valence-electron chi connectivity index (χ1n) is 7.64. The molecule has 0 radical (unpaired) electrons. The van der Waals surface area contributed by atoms with Gasteiger partial charge in [-0.25, -0.2) is 14.2 Å². The minimum Gasteiger partial charge on any atom is -0.493 e. The third kappa shape index (κ3) is 3.37. The second kappa shape index (κ2) is 7.26. The molecule has 0 N–H and O–H groups in total. The molecular weight excluding hydrogens is 341 g/mol. The molecule has 3 rings (SSSR count). The Kier molecular flexibility index (Phi) is 4.88. The van der Waals surface area contributed by atoms with Crippen LogP contribution in [-0.4, -0.2) is 33.2 Å². The zero-order valence-electron chi connectivity index (χ0n) is 14.4. The van der Waals surface area contributed by atoms with E-state index < -0.39 is 5.97 Å². The molecule has 0 amide bonds. The van der Waals surface area contributed by atoms with Crippen LogP contribution >= 0.6 is 0 Å². The van der Waals surface area contributed by atoms with E-state index in [-0.39, 0.29) is 17.4 Å². The minimum atomic E-state index is -0.599. The molecule has 0 fully saturated rings. The molecule has 1 heterocycles. The summed E-state index contributed by atoms with van der Waals surface area (Å²) in [4.78, 5) is 16.3. The lowest BCUT2D eigenvalue weighted by Gasteiger charge is -2.13. The van der Waals surface area contributed by atoms with Crippen LogP contribution in [0.1, 0.15) is 11.1 Å². The van der Waals surface area contributed by atoms with E-state index in [1.165, 1.54) is 39.5 Å². The van der Waals surface area contributed by atoms with Gasteiger partial charge in [-0.15, -0.1) is 0 Å². The number of rotatable bonds is 5. The summed E-state index contributed by atoms with van der Waals surface area (Å²) in [5.41, 5.74) is 1.24. The van der Waals surface area contributed by atoms with Crippen LogP contribution in [0.4, 0.5) is 4.39 Å². The average molecular weight is 357 g/mol. The van der Waals surface area contributed by atoms with Crippen LogP contribution in [0.15, 0.2) is 47.1 Å². The summed E-state index contributed by atoms with van der Waals surface area (Å²) >= 11 is 0. The van der Waals surface area contributed by atoms with Crippen molar-refractivity contribution in [2.45, 2.75) is 0 Å². The highest BCUT2D eigenvalue weighted by atomic mass is 19.1. The van der Waals surface area contributed by atoms with E-state index in [9.17, 15) is 9.18 Å². The van der Waals surface area contributed by atoms with Crippen LogP contribution in [0, 0.1) is 5.82 Å². The lowest BCUT2D eigenvalue weighted by atomic mass is 10.1. The second-order valence-electron chi connectivity index (χ2n) is 5.30. The average Bonchev–Trinajstić information content (AvgIpc) is 3.02. The first kappa shape index (κ1) is 17.5. The standard InChI is InChI=1S/C19H16FNO5/c1-23-15-9-12(10-16(24-2)17(15)25-3)18-21-14(19(22)26-18)8-11-4-6-13(20)7-5-11/h4-10H,1-3H3. The minimum absolute atomic E-state index is 0.111. The predicted molar refractivity (Wildman–Crippen MR) is 93.1 cm³/mol. The molecule has 0 saturated carbocycles. The van der Waals surface area contributed by atoms with Gasteiger partial charge in [0.25, 0.3) is 0 Å². The van der Waals surface area contributed by atoms with E-state index in [1.807, 2.05) is 0 Å². The van der Waals surface area contributed by atoms with Crippen molar-refractivity contribution in [2.24, 2.45) is 4.99 Å². The number of carbonyl (C=O) groups is 1. The largest absolute Gasteiger partial charge is 0.493 e. The van der Waals surface area contributed by atoms with Gasteiger partial charge in [0.15, 0.2) is 17.2 Å². The zero-order valence-corrected chi connectivity index (χ0v) is 14.4. The number of nitrogens with zero attached hydrogens (tertiary/aromatic N) is 1. The van der Waals surface area contributed by atoms with Crippen molar-refractivity contribution < 1.29 is 28.1 Å². The molecule has 0 saturated heterocycles. The molecule has 6 nitrogen and oxygen atoms in total. The third-order valence-electron chi connectivity index (χ3n) is 3.71. The van der Waals surface area contributed by atoms with Gasteiger partial charge in [-0.05, 0) is 35.9 Å². The fourth-order valence-corrected chi connectivity index (χ4v) is 2.45. The predicted octanol–water partition coefficient (Wildman–Crippen LogP) is 3.20. The zero-order chi connectivity index (χ0) is 18.7. The van der Waals surface area contributed by atoms with Gasteiger partial charge < -0.3 is 18.9 Å². The molecule has 2 aromatic rings. The first-order valence-corrected chi connectivity index (χ1v) is 7.64. The molecule has 0 unspecified atom stereocenters. The number of halogens is 1. The molecule has 0 aliphatic carbocycles. The van der Waals surface area contributed by atoms with Gasteiger partial charge in [0, 0.05) is 5.56 Å². The number of aliphatic imine (C=N–C) groups is 1.